The van der Waals surface area contributed by atoms with Crippen LogP contribution in [0.15, 0.2) is 23.3 Å². The van der Waals surface area contributed by atoms with Gasteiger partial charge < -0.3 is 0 Å². The Balaban J connectivity index is 1.72. The molecule has 4 aliphatic rings. The van der Waals surface area contributed by atoms with E-state index in [-0.39, 0.29) is 10.8 Å². The van der Waals surface area contributed by atoms with Crippen LogP contribution in [0, 0.1) is 28.6 Å². The maximum Gasteiger partial charge on any atom is 0.159 e. The fourth-order valence-electron chi connectivity index (χ4n) is 6.71. The van der Waals surface area contributed by atoms with Gasteiger partial charge in [-0.05, 0) is 79.3 Å². The van der Waals surface area contributed by atoms with Crippen molar-refractivity contribution in [3.63, 3.8) is 0 Å². The molecule has 2 nitrogen and oxygen atoms in total. The molecule has 0 radical (unpaired) electrons. The van der Waals surface area contributed by atoms with E-state index >= 15 is 0 Å². The van der Waals surface area contributed by atoms with Gasteiger partial charge in [0.25, 0.3) is 0 Å². The number of Topliss-reactive ketones (excluding diaryl/α,β-unsaturated/α-hetero) is 1. The van der Waals surface area contributed by atoms with E-state index in [1.807, 2.05) is 13.0 Å². The number of hydrogen-bond donors (Lipinski definition) is 0. The first kappa shape index (κ1) is 15.4. The van der Waals surface area contributed by atoms with Crippen LogP contribution in [0.4, 0.5) is 0 Å². The van der Waals surface area contributed by atoms with E-state index in [4.69, 9.17) is 0 Å². The minimum absolute atomic E-state index is 0.106. The molecule has 0 unspecified atom stereocenters. The number of carbonyl (C=O) groups excluding carboxylic acids is 2. The van der Waals surface area contributed by atoms with Gasteiger partial charge in [0.05, 0.1) is 0 Å². The minimum atomic E-state index is 0.106. The second-order valence-electron chi connectivity index (χ2n) is 8.75. The monoisotopic (exact) mass is 312 g/mol. The molecule has 0 bridgehead atoms. The molecule has 0 aliphatic heterocycles. The van der Waals surface area contributed by atoms with Gasteiger partial charge >= 0.3 is 0 Å². The minimum Gasteiger partial charge on any atom is -0.295 e. The summed E-state index contributed by atoms with van der Waals surface area (Å²) in [6.45, 7) is 6.77. The third-order valence-electron chi connectivity index (χ3n) is 7.96. The van der Waals surface area contributed by atoms with Crippen LogP contribution in [0.25, 0.3) is 0 Å². The fraction of sp³-hybridized carbons (Fsp3) is 0.714. The van der Waals surface area contributed by atoms with Crippen molar-refractivity contribution < 1.29 is 9.59 Å². The van der Waals surface area contributed by atoms with E-state index in [2.05, 4.69) is 19.9 Å². The number of allylic oxidation sites excluding steroid dienone is 3. The summed E-state index contributed by atoms with van der Waals surface area (Å²) >= 11 is 0. The average molecular weight is 312 g/mol. The van der Waals surface area contributed by atoms with Gasteiger partial charge in [-0.25, -0.2) is 0 Å². The van der Waals surface area contributed by atoms with Gasteiger partial charge in [-0.15, -0.1) is 0 Å². The van der Waals surface area contributed by atoms with Crippen LogP contribution >= 0.6 is 0 Å². The van der Waals surface area contributed by atoms with Crippen molar-refractivity contribution in [2.75, 3.05) is 0 Å². The Morgan fingerprint density at radius 2 is 1.83 bits per heavy atom. The normalized spacial score (nSPS) is 47.9. The van der Waals surface area contributed by atoms with Crippen molar-refractivity contribution in [3.05, 3.63) is 23.3 Å². The van der Waals surface area contributed by atoms with Gasteiger partial charge in [0.15, 0.2) is 11.6 Å². The molecule has 0 aromatic heterocycles. The number of rotatable bonds is 0. The Bertz CT molecular complexity index is 640. The van der Waals surface area contributed by atoms with Crippen LogP contribution in [0.2, 0.25) is 0 Å². The summed E-state index contributed by atoms with van der Waals surface area (Å²) in [7, 11) is 0. The largest absolute Gasteiger partial charge is 0.295 e. The highest BCUT2D eigenvalue weighted by atomic mass is 16.1. The van der Waals surface area contributed by atoms with Crippen molar-refractivity contribution in [1.29, 1.82) is 0 Å². The highest BCUT2D eigenvalue weighted by molar-refractivity contribution is 5.99. The maximum absolute atomic E-state index is 12.5. The smallest absolute Gasteiger partial charge is 0.159 e. The molecule has 4 aliphatic carbocycles. The lowest BCUT2D eigenvalue weighted by Gasteiger charge is -2.57. The second kappa shape index (κ2) is 4.91. The first-order valence-corrected chi connectivity index (χ1v) is 9.34. The molecule has 0 spiro atoms. The summed E-state index contributed by atoms with van der Waals surface area (Å²) in [4.78, 5) is 24.4. The third kappa shape index (κ3) is 1.93. The molecule has 0 N–H and O–H groups in total. The van der Waals surface area contributed by atoms with E-state index < -0.39 is 0 Å². The number of fused-ring (bicyclic) bond motifs is 5. The molecule has 2 heteroatoms. The van der Waals surface area contributed by atoms with Crippen LogP contribution in [0.3, 0.4) is 0 Å². The Morgan fingerprint density at radius 3 is 2.57 bits per heavy atom. The second-order valence-corrected chi connectivity index (χ2v) is 8.75. The molecule has 0 aromatic rings. The van der Waals surface area contributed by atoms with Crippen LogP contribution in [-0.2, 0) is 9.59 Å². The van der Waals surface area contributed by atoms with Crippen LogP contribution in [-0.4, -0.2) is 11.6 Å². The summed E-state index contributed by atoms with van der Waals surface area (Å²) in [5.74, 6) is 2.56. The number of carbonyl (C=O) groups is 2. The molecule has 3 fully saturated rings. The molecular formula is C21H28O2. The van der Waals surface area contributed by atoms with E-state index in [1.54, 1.807) is 0 Å². The molecule has 124 valence electrons. The van der Waals surface area contributed by atoms with Gasteiger partial charge in [-0.1, -0.05) is 25.5 Å². The molecule has 5 atom stereocenters. The van der Waals surface area contributed by atoms with Crippen LogP contribution in [0.1, 0.15) is 65.7 Å². The average Bonchev–Trinajstić information content (AvgIpc) is 2.77. The highest BCUT2D eigenvalue weighted by Gasteiger charge is 2.59. The summed E-state index contributed by atoms with van der Waals surface area (Å²) in [6.07, 6.45) is 11.1. The Labute approximate surface area is 139 Å². The van der Waals surface area contributed by atoms with Gasteiger partial charge in [0.1, 0.15) is 0 Å². The molecule has 0 aromatic carbocycles. The van der Waals surface area contributed by atoms with E-state index in [0.717, 1.165) is 31.3 Å². The summed E-state index contributed by atoms with van der Waals surface area (Å²) in [6, 6.07) is 0. The van der Waals surface area contributed by atoms with Crippen molar-refractivity contribution in [3.8, 4) is 0 Å². The van der Waals surface area contributed by atoms with Gasteiger partial charge in [-0.2, -0.15) is 0 Å². The Hall–Kier alpha value is -1.18. The lowest BCUT2D eigenvalue weighted by atomic mass is 9.47. The van der Waals surface area contributed by atoms with Gasteiger partial charge in [-0.3, -0.25) is 9.59 Å². The molecule has 0 saturated heterocycles. The third-order valence-corrected chi connectivity index (χ3v) is 7.96. The Morgan fingerprint density at radius 1 is 1.04 bits per heavy atom. The molecule has 0 amide bonds. The molecule has 23 heavy (non-hydrogen) atoms. The lowest BCUT2D eigenvalue weighted by Crippen LogP contribution is -2.49. The molecule has 0 heterocycles. The van der Waals surface area contributed by atoms with Crippen molar-refractivity contribution in [1.82, 2.24) is 0 Å². The van der Waals surface area contributed by atoms with E-state index in [1.165, 1.54) is 18.4 Å². The van der Waals surface area contributed by atoms with E-state index in [9.17, 15) is 9.59 Å². The fourth-order valence-corrected chi connectivity index (χ4v) is 6.71. The summed E-state index contributed by atoms with van der Waals surface area (Å²) < 4.78 is 0. The Kier molecular flexibility index (Phi) is 3.28. The predicted octanol–water partition coefficient (Wildman–Crippen LogP) is 4.64. The predicted molar refractivity (Wildman–Crippen MR) is 90.9 cm³/mol. The van der Waals surface area contributed by atoms with Gasteiger partial charge in [0.2, 0.25) is 0 Å². The van der Waals surface area contributed by atoms with Crippen LogP contribution < -0.4 is 0 Å². The highest BCUT2D eigenvalue weighted by Crippen LogP contribution is 2.65. The van der Waals surface area contributed by atoms with Crippen LogP contribution in [0.5, 0.6) is 0 Å². The lowest BCUT2D eigenvalue weighted by molar-refractivity contribution is -0.117. The quantitative estimate of drug-likeness (QED) is 0.610. The zero-order valence-electron chi connectivity index (χ0n) is 14.7. The summed E-state index contributed by atoms with van der Waals surface area (Å²) in [5, 5.41) is 0. The first-order valence-electron chi connectivity index (χ1n) is 9.34. The van der Waals surface area contributed by atoms with Gasteiger partial charge in [0, 0.05) is 12.8 Å². The maximum atomic E-state index is 12.5. The van der Waals surface area contributed by atoms with Crippen molar-refractivity contribution in [2.45, 2.75) is 65.7 Å². The number of hydrogen-bond acceptors (Lipinski definition) is 2. The number of ketones is 2. The zero-order valence-corrected chi connectivity index (χ0v) is 14.7. The standard InChI is InChI=1S/C21H28O2/c1-4-16-19(23)12-18-15-6-5-13-11-14(22)7-9-20(13,2)17(15)8-10-21(16,18)3/h4,11,15,17-18H,5-10,12H2,1-3H3/b16-4+/t15-,17+,18-,20+,21+/m0/s1. The SMILES string of the molecule is C/C=C1\C(=O)C[C@H]2[C@H]3CCC4=CC(=O)CC[C@@]4(C)[C@@H]3CC[C@]12C. The topological polar surface area (TPSA) is 34.1 Å². The molecule has 3 saturated carbocycles. The zero-order chi connectivity index (χ0) is 16.4. The van der Waals surface area contributed by atoms with Crippen molar-refractivity contribution in [2.24, 2.45) is 28.6 Å². The summed E-state index contributed by atoms with van der Waals surface area (Å²) in [5.41, 5.74) is 2.83. The molecular weight excluding hydrogens is 284 g/mol. The van der Waals surface area contributed by atoms with Crippen molar-refractivity contribution >= 4 is 11.6 Å². The first-order chi connectivity index (χ1) is 10.9. The van der Waals surface area contributed by atoms with E-state index in [0.29, 0.717) is 35.7 Å². The molecule has 4 rings (SSSR count).